The molecule has 1 aromatic heterocycles. The van der Waals surface area contributed by atoms with E-state index in [1.807, 2.05) is 49.5 Å². The molecule has 1 spiro atoms. The Bertz CT molecular complexity index is 1110. The number of nitrogens with zero attached hydrogens (tertiary/aromatic N) is 5. The molecule has 2 aliphatic heterocycles. The molecule has 0 unspecified atom stereocenters. The molecule has 0 saturated carbocycles. The van der Waals surface area contributed by atoms with Gasteiger partial charge in [0.15, 0.2) is 0 Å². The molecule has 6 heteroatoms. The average Bonchev–Trinajstić information content (AvgIpc) is 2.84. The Kier molecular flexibility index (Phi) is 5.29. The van der Waals surface area contributed by atoms with Crippen molar-refractivity contribution in [2.24, 2.45) is 0 Å². The molecular formula is C26H29N5O. The van der Waals surface area contributed by atoms with E-state index in [-0.39, 0.29) is 11.3 Å². The van der Waals surface area contributed by atoms with Crippen LogP contribution in [0.4, 0.5) is 11.5 Å². The molecule has 1 amide bonds. The first-order chi connectivity index (χ1) is 15.6. The highest BCUT2D eigenvalue weighted by atomic mass is 16.2. The molecule has 3 aromatic rings. The normalized spacial score (nSPS) is 17.2. The summed E-state index contributed by atoms with van der Waals surface area (Å²) in [6.07, 6.45) is 7.27. The van der Waals surface area contributed by atoms with E-state index < -0.39 is 0 Å². The Balaban J connectivity index is 1.43. The van der Waals surface area contributed by atoms with Gasteiger partial charge in [-0.25, -0.2) is 4.98 Å². The van der Waals surface area contributed by atoms with Crippen LogP contribution in [0, 0.1) is 0 Å². The number of fused-ring (bicyclic) bond motifs is 2. The zero-order valence-electron chi connectivity index (χ0n) is 18.7. The zero-order chi connectivity index (χ0) is 22.1. The third-order valence-corrected chi connectivity index (χ3v) is 6.93. The molecule has 32 heavy (non-hydrogen) atoms. The van der Waals surface area contributed by atoms with Crippen LogP contribution in [0.2, 0.25) is 0 Å². The summed E-state index contributed by atoms with van der Waals surface area (Å²) in [6.45, 7) is 3.23. The van der Waals surface area contributed by atoms with Crippen molar-refractivity contribution in [2.45, 2.75) is 24.8 Å². The highest BCUT2D eigenvalue weighted by molar-refractivity contribution is 5.95. The minimum Gasteiger partial charge on any atom is -0.378 e. The van der Waals surface area contributed by atoms with E-state index >= 15 is 0 Å². The molecule has 0 aliphatic carbocycles. The number of hydrogen-bond donors (Lipinski definition) is 0. The largest absolute Gasteiger partial charge is 0.378 e. The Morgan fingerprint density at radius 1 is 1.03 bits per heavy atom. The van der Waals surface area contributed by atoms with Crippen LogP contribution in [0.3, 0.4) is 0 Å². The first-order valence-electron chi connectivity index (χ1n) is 11.2. The van der Waals surface area contributed by atoms with Gasteiger partial charge in [0.25, 0.3) is 5.91 Å². The van der Waals surface area contributed by atoms with Crippen molar-refractivity contribution in [3.8, 4) is 0 Å². The van der Waals surface area contributed by atoms with Crippen molar-refractivity contribution in [1.29, 1.82) is 0 Å². The van der Waals surface area contributed by atoms with Gasteiger partial charge in [-0.05, 0) is 42.2 Å². The first kappa shape index (κ1) is 20.5. The van der Waals surface area contributed by atoms with E-state index in [0.717, 1.165) is 49.5 Å². The summed E-state index contributed by atoms with van der Waals surface area (Å²) in [6, 6.07) is 16.6. The fourth-order valence-corrected chi connectivity index (χ4v) is 5.18. The van der Waals surface area contributed by atoms with Crippen LogP contribution in [0.15, 0.2) is 67.1 Å². The second-order valence-electron chi connectivity index (χ2n) is 9.09. The van der Waals surface area contributed by atoms with Crippen molar-refractivity contribution in [1.82, 2.24) is 14.9 Å². The van der Waals surface area contributed by atoms with Crippen molar-refractivity contribution in [3.05, 3.63) is 83.8 Å². The molecule has 2 aliphatic rings. The smallest absolute Gasteiger partial charge is 0.254 e. The summed E-state index contributed by atoms with van der Waals surface area (Å²) in [7, 11) is 4.00. The Morgan fingerprint density at radius 3 is 2.59 bits per heavy atom. The van der Waals surface area contributed by atoms with E-state index in [4.69, 9.17) is 0 Å². The van der Waals surface area contributed by atoms with Gasteiger partial charge in [0.2, 0.25) is 0 Å². The van der Waals surface area contributed by atoms with Gasteiger partial charge in [0.05, 0.1) is 6.20 Å². The van der Waals surface area contributed by atoms with Gasteiger partial charge in [-0.15, -0.1) is 0 Å². The monoisotopic (exact) mass is 427 g/mol. The minimum atomic E-state index is -0.0254. The molecule has 0 atom stereocenters. The van der Waals surface area contributed by atoms with Crippen molar-refractivity contribution in [2.75, 3.05) is 43.5 Å². The molecule has 1 fully saturated rings. The highest BCUT2D eigenvalue weighted by Gasteiger charge is 2.43. The molecule has 0 N–H and O–H groups in total. The molecule has 0 bridgehead atoms. The third-order valence-electron chi connectivity index (χ3n) is 6.93. The SMILES string of the molecule is CN(C)c1cccc(C(=O)N2Cc3ccccc3C3(CCN(c4cnccn4)CC3)C2)c1. The number of benzene rings is 2. The standard InChI is InChI=1S/C26H29N5O/c1-29(2)22-8-5-7-20(16-22)25(32)31-18-21-6-3-4-9-23(21)26(19-31)10-14-30(15-11-26)24-17-27-12-13-28-24/h3-9,12-13,16-17H,10-11,14-15,18-19H2,1-2H3. The van der Waals surface area contributed by atoms with Gasteiger partial charge in [-0.3, -0.25) is 9.78 Å². The molecule has 164 valence electrons. The maximum absolute atomic E-state index is 13.6. The lowest BCUT2D eigenvalue weighted by molar-refractivity contribution is 0.0647. The van der Waals surface area contributed by atoms with Gasteiger partial charge in [-0.2, -0.15) is 0 Å². The van der Waals surface area contributed by atoms with E-state index in [9.17, 15) is 4.79 Å². The van der Waals surface area contributed by atoms with Gasteiger partial charge in [-0.1, -0.05) is 30.3 Å². The molecule has 0 radical (unpaired) electrons. The van der Waals surface area contributed by atoms with E-state index in [2.05, 4.69) is 44.0 Å². The molecule has 6 nitrogen and oxygen atoms in total. The number of anilines is 2. The molecular weight excluding hydrogens is 398 g/mol. The molecule has 1 saturated heterocycles. The fraction of sp³-hybridized carbons (Fsp3) is 0.346. The second-order valence-corrected chi connectivity index (χ2v) is 9.09. The first-order valence-corrected chi connectivity index (χ1v) is 11.2. The summed E-state index contributed by atoms with van der Waals surface area (Å²) < 4.78 is 0. The number of carbonyl (C=O) groups is 1. The average molecular weight is 428 g/mol. The number of amides is 1. The molecule has 2 aromatic carbocycles. The van der Waals surface area contributed by atoms with Crippen LogP contribution >= 0.6 is 0 Å². The summed E-state index contributed by atoms with van der Waals surface area (Å²) in [4.78, 5) is 28.7. The lowest BCUT2D eigenvalue weighted by Gasteiger charge is -2.49. The maximum atomic E-state index is 13.6. The number of hydrogen-bond acceptors (Lipinski definition) is 5. The number of aromatic nitrogens is 2. The molecule has 3 heterocycles. The third kappa shape index (κ3) is 3.70. The van der Waals surface area contributed by atoms with Crippen LogP contribution < -0.4 is 9.80 Å². The van der Waals surface area contributed by atoms with Crippen LogP contribution in [-0.2, 0) is 12.0 Å². The van der Waals surface area contributed by atoms with E-state index in [0.29, 0.717) is 6.54 Å². The number of carbonyl (C=O) groups excluding carboxylic acids is 1. The zero-order valence-corrected chi connectivity index (χ0v) is 18.7. The van der Waals surface area contributed by atoms with Crippen LogP contribution in [-0.4, -0.2) is 54.5 Å². The van der Waals surface area contributed by atoms with Crippen molar-refractivity contribution >= 4 is 17.4 Å². The number of piperidine rings is 1. The Labute approximate surface area is 189 Å². The predicted octanol–water partition coefficient (Wildman–Crippen LogP) is 3.74. The lowest BCUT2D eigenvalue weighted by Crippen LogP contribution is -2.53. The minimum absolute atomic E-state index is 0.0254. The molecule has 5 rings (SSSR count). The quantitative estimate of drug-likeness (QED) is 0.637. The van der Waals surface area contributed by atoms with Gasteiger partial charge in [0.1, 0.15) is 5.82 Å². The second kappa shape index (κ2) is 8.26. The van der Waals surface area contributed by atoms with E-state index in [1.54, 1.807) is 12.4 Å². The van der Waals surface area contributed by atoms with Crippen molar-refractivity contribution < 1.29 is 4.79 Å². The van der Waals surface area contributed by atoms with Gasteiger partial charge >= 0.3 is 0 Å². The predicted molar refractivity (Wildman–Crippen MR) is 127 cm³/mol. The van der Waals surface area contributed by atoms with E-state index in [1.165, 1.54) is 11.1 Å². The Hall–Kier alpha value is -3.41. The van der Waals surface area contributed by atoms with Crippen LogP contribution in [0.1, 0.15) is 34.3 Å². The summed E-state index contributed by atoms with van der Waals surface area (Å²) >= 11 is 0. The Morgan fingerprint density at radius 2 is 1.84 bits per heavy atom. The van der Waals surface area contributed by atoms with Crippen molar-refractivity contribution in [3.63, 3.8) is 0 Å². The van der Waals surface area contributed by atoms with Gasteiger partial charge in [0, 0.05) is 69.3 Å². The fourth-order valence-electron chi connectivity index (χ4n) is 5.18. The summed E-state index contributed by atoms with van der Waals surface area (Å²) in [5.74, 6) is 1.04. The topological polar surface area (TPSA) is 52.6 Å². The maximum Gasteiger partial charge on any atom is 0.254 e. The number of rotatable bonds is 3. The highest BCUT2D eigenvalue weighted by Crippen LogP contribution is 2.42. The van der Waals surface area contributed by atoms with Gasteiger partial charge < -0.3 is 14.7 Å². The lowest BCUT2D eigenvalue weighted by atomic mass is 9.68. The summed E-state index contributed by atoms with van der Waals surface area (Å²) in [5, 5.41) is 0. The van der Waals surface area contributed by atoms with Crippen LogP contribution in [0.5, 0.6) is 0 Å². The van der Waals surface area contributed by atoms with Crippen LogP contribution in [0.25, 0.3) is 0 Å². The summed E-state index contributed by atoms with van der Waals surface area (Å²) in [5.41, 5.74) is 4.44.